The number of phosphoric acid groups is 2. The second-order valence-corrected chi connectivity index (χ2v) is 32.3. The average Bonchev–Trinajstić information content (AvgIpc) is 1.09. The van der Waals surface area contributed by atoms with Crippen molar-refractivity contribution in [1.29, 1.82) is 0 Å². The smallest absolute Gasteiger partial charge is 0.462 e. The van der Waals surface area contributed by atoms with Crippen molar-refractivity contribution >= 4 is 39.5 Å². The molecular formula is C79H154O17P2. The zero-order valence-electron chi connectivity index (χ0n) is 64.1. The van der Waals surface area contributed by atoms with Gasteiger partial charge in [0.15, 0.2) is 12.2 Å². The lowest BCUT2D eigenvalue weighted by Crippen LogP contribution is -2.30. The van der Waals surface area contributed by atoms with Crippen molar-refractivity contribution in [3.05, 3.63) is 0 Å². The van der Waals surface area contributed by atoms with E-state index in [1.165, 1.54) is 231 Å². The van der Waals surface area contributed by atoms with E-state index in [0.717, 1.165) is 102 Å². The molecule has 582 valence electrons. The van der Waals surface area contributed by atoms with Gasteiger partial charge in [0.05, 0.1) is 26.4 Å². The van der Waals surface area contributed by atoms with Gasteiger partial charge in [0.2, 0.25) is 0 Å². The number of ether oxygens (including phenoxy) is 4. The fraction of sp³-hybridized carbons (Fsp3) is 0.949. The summed E-state index contributed by atoms with van der Waals surface area (Å²) < 4.78 is 68.6. The van der Waals surface area contributed by atoms with Crippen molar-refractivity contribution in [2.24, 2.45) is 11.8 Å². The maximum atomic E-state index is 13.1. The summed E-state index contributed by atoms with van der Waals surface area (Å²) in [6, 6.07) is 0. The topological polar surface area (TPSA) is 237 Å². The Kier molecular flexibility index (Phi) is 69.3. The van der Waals surface area contributed by atoms with E-state index in [1.807, 2.05) is 0 Å². The molecule has 0 aliphatic carbocycles. The molecule has 0 radical (unpaired) electrons. The number of aliphatic hydroxyl groups excluding tert-OH is 1. The summed E-state index contributed by atoms with van der Waals surface area (Å²) >= 11 is 0. The Balaban J connectivity index is 5.23. The minimum Gasteiger partial charge on any atom is -0.462 e. The molecule has 0 aromatic heterocycles. The lowest BCUT2D eigenvalue weighted by atomic mass is 10.0. The van der Waals surface area contributed by atoms with Crippen LogP contribution < -0.4 is 0 Å². The molecule has 0 amide bonds. The van der Waals surface area contributed by atoms with Crippen molar-refractivity contribution in [1.82, 2.24) is 0 Å². The van der Waals surface area contributed by atoms with Gasteiger partial charge in [0.25, 0.3) is 0 Å². The Bertz CT molecular complexity index is 1890. The van der Waals surface area contributed by atoms with Gasteiger partial charge in [-0.1, -0.05) is 363 Å². The molecule has 0 aromatic carbocycles. The van der Waals surface area contributed by atoms with Crippen LogP contribution in [0, 0.1) is 11.8 Å². The highest BCUT2D eigenvalue weighted by Crippen LogP contribution is 2.45. The quantitative estimate of drug-likeness (QED) is 0.0222. The third kappa shape index (κ3) is 72.4. The number of hydrogen-bond acceptors (Lipinski definition) is 15. The Morgan fingerprint density at radius 1 is 0.276 bits per heavy atom. The summed E-state index contributed by atoms with van der Waals surface area (Å²) in [6.45, 7) is 9.66. The molecule has 0 spiro atoms. The Hall–Kier alpha value is -1.94. The van der Waals surface area contributed by atoms with E-state index in [4.69, 9.17) is 37.0 Å². The Morgan fingerprint density at radius 2 is 0.469 bits per heavy atom. The highest BCUT2D eigenvalue weighted by Gasteiger charge is 2.30. The summed E-state index contributed by atoms with van der Waals surface area (Å²) in [4.78, 5) is 72.9. The van der Waals surface area contributed by atoms with Crippen LogP contribution in [0.1, 0.15) is 414 Å². The first-order valence-electron chi connectivity index (χ1n) is 41.0. The molecule has 0 aliphatic heterocycles. The molecule has 0 saturated heterocycles. The van der Waals surface area contributed by atoms with Crippen molar-refractivity contribution in [2.45, 2.75) is 432 Å². The number of aliphatic hydroxyl groups is 1. The summed E-state index contributed by atoms with van der Waals surface area (Å²) in [5, 5.41) is 10.6. The first-order valence-corrected chi connectivity index (χ1v) is 44.0. The van der Waals surface area contributed by atoms with Gasteiger partial charge in [-0.15, -0.1) is 0 Å². The lowest BCUT2D eigenvalue weighted by molar-refractivity contribution is -0.161. The molecule has 0 bridgehead atoms. The zero-order chi connectivity index (χ0) is 72.1. The molecule has 98 heavy (non-hydrogen) atoms. The molecule has 17 nitrogen and oxygen atoms in total. The van der Waals surface area contributed by atoms with E-state index < -0.39 is 97.5 Å². The van der Waals surface area contributed by atoms with Crippen LogP contribution in [-0.2, 0) is 65.4 Å². The summed E-state index contributed by atoms with van der Waals surface area (Å²) in [5.74, 6) is -0.509. The predicted octanol–water partition coefficient (Wildman–Crippen LogP) is 23.5. The fourth-order valence-corrected chi connectivity index (χ4v) is 13.8. The van der Waals surface area contributed by atoms with E-state index in [-0.39, 0.29) is 25.7 Å². The summed E-state index contributed by atoms with van der Waals surface area (Å²) in [7, 11) is -9.91. The first kappa shape index (κ1) is 96.1. The molecule has 0 heterocycles. The van der Waals surface area contributed by atoms with Crippen molar-refractivity contribution < 1.29 is 80.2 Å². The maximum Gasteiger partial charge on any atom is 0.472 e. The SMILES string of the molecule is CCCCCCCCCCCCCCCCC(=O)O[C@H](COC(=O)CCCCCCCCCCC)COP(=O)(O)OC[C@H](O)COP(=O)(O)OC[C@@H](COC(=O)CCCCCCCCCCCCCCCCC(C)C)OC(=O)CCCCCCCCCCCCCCCCCC(C)C. The second-order valence-electron chi connectivity index (χ2n) is 29.4. The highest BCUT2D eigenvalue weighted by atomic mass is 31.2. The van der Waals surface area contributed by atoms with E-state index in [2.05, 4.69) is 41.5 Å². The average molecular weight is 1440 g/mol. The number of hydrogen-bond donors (Lipinski definition) is 3. The third-order valence-corrected chi connectivity index (χ3v) is 20.4. The lowest BCUT2D eigenvalue weighted by Gasteiger charge is -2.21. The number of rotatable bonds is 78. The standard InChI is InChI=1S/C79H154O17P2/c1-7-9-11-13-15-17-18-19-27-33-39-45-51-57-63-78(83)95-74(67-89-76(81)61-55-49-43-35-16-14-12-10-8-2)69-93-97(85,86)91-65-73(80)66-92-98(87,88)94-70-75(68-90-77(82)62-56-50-44-38-32-28-24-23-26-31-37-42-48-54-60-72(5)6)96-79(84)64-58-52-46-40-34-29-22-20-21-25-30-36-41-47-53-59-71(3)4/h71-75,80H,7-70H2,1-6H3,(H,85,86)(H,87,88)/t73-,74+,75+/m0/s1. The largest absolute Gasteiger partial charge is 0.472 e. The molecule has 3 N–H and O–H groups in total. The van der Waals surface area contributed by atoms with E-state index in [1.54, 1.807) is 0 Å². The summed E-state index contributed by atoms with van der Waals surface area (Å²) in [5.41, 5.74) is 0. The van der Waals surface area contributed by atoms with Crippen molar-refractivity contribution in [3.63, 3.8) is 0 Å². The normalized spacial score (nSPS) is 13.9. The van der Waals surface area contributed by atoms with Crippen LogP contribution in [0.25, 0.3) is 0 Å². The molecule has 0 aliphatic rings. The van der Waals surface area contributed by atoms with Gasteiger partial charge in [-0.3, -0.25) is 37.3 Å². The number of phosphoric ester groups is 2. The third-order valence-electron chi connectivity index (χ3n) is 18.5. The number of carbonyl (C=O) groups is 4. The molecule has 0 fully saturated rings. The second kappa shape index (κ2) is 70.7. The Morgan fingerprint density at radius 3 is 0.694 bits per heavy atom. The number of esters is 4. The molecule has 2 unspecified atom stereocenters. The Labute approximate surface area is 600 Å². The van der Waals surface area contributed by atoms with Crippen LogP contribution in [0.2, 0.25) is 0 Å². The van der Waals surface area contributed by atoms with Gasteiger partial charge in [-0.2, -0.15) is 0 Å². The summed E-state index contributed by atoms with van der Waals surface area (Å²) in [6.07, 6.45) is 59.6. The van der Waals surface area contributed by atoms with E-state index in [0.29, 0.717) is 25.7 Å². The van der Waals surface area contributed by atoms with Crippen LogP contribution in [0.15, 0.2) is 0 Å². The highest BCUT2D eigenvalue weighted by molar-refractivity contribution is 7.47. The van der Waals surface area contributed by atoms with E-state index >= 15 is 0 Å². The monoisotopic (exact) mass is 1440 g/mol. The van der Waals surface area contributed by atoms with Gasteiger partial charge >= 0.3 is 39.5 Å². The van der Waals surface area contributed by atoms with Gasteiger partial charge in [-0.05, 0) is 37.5 Å². The van der Waals surface area contributed by atoms with Gasteiger partial charge < -0.3 is 33.8 Å². The predicted molar refractivity (Wildman–Crippen MR) is 400 cm³/mol. The zero-order valence-corrected chi connectivity index (χ0v) is 65.9. The van der Waals surface area contributed by atoms with Crippen LogP contribution in [0.3, 0.4) is 0 Å². The minimum atomic E-state index is -4.96. The van der Waals surface area contributed by atoms with Crippen molar-refractivity contribution in [3.8, 4) is 0 Å². The van der Waals surface area contributed by atoms with Gasteiger partial charge in [0, 0.05) is 25.7 Å². The van der Waals surface area contributed by atoms with Crippen LogP contribution >= 0.6 is 15.6 Å². The van der Waals surface area contributed by atoms with Crippen LogP contribution in [-0.4, -0.2) is 96.7 Å². The number of unbranched alkanes of at least 4 members (excludes halogenated alkanes) is 48. The van der Waals surface area contributed by atoms with Gasteiger partial charge in [0.1, 0.15) is 19.3 Å². The van der Waals surface area contributed by atoms with Crippen LogP contribution in [0.4, 0.5) is 0 Å². The first-order chi connectivity index (χ1) is 47.4. The fourth-order valence-electron chi connectivity index (χ4n) is 12.2. The molecule has 19 heteroatoms. The maximum absolute atomic E-state index is 13.1. The van der Waals surface area contributed by atoms with Crippen molar-refractivity contribution in [2.75, 3.05) is 39.6 Å². The molecule has 0 aromatic rings. The van der Waals surface area contributed by atoms with E-state index in [9.17, 15) is 43.2 Å². The molecule has 5 atom stereocenters. The minimum absolute atomic E-state index is 0.108. The molecular weight excluding hydrogens is 1280 g/mol. The number of carbonyl (C=O) groups excluding carboxylic acids is 4. The van der Waals surface area contributed by atoms with Crippen LogP contribution in [0.5, 0.6) is 0 Å². The molecule has 0 rings (SSSR count). The molecule has 0 saturated carbocycles. The van der Waals surface area contributed by atoms with Gasteiger partial charge in [-0.25, -0.2) is 9.13 Å².